The third-order valence-corrected chi connectivity index (χ3v) is 2.75. The van der Waals surface area contributed by atoms with Gasteiger partial charge in [0.1, 0.15) is 5.60 Å². The Balaban J connectivity index is 2.22. The zero-order chi connectivity index (χ0) is 8.60. The summed E-state index contributed by atoms with van der Waals surface area (Å²) in [6.45, 7) is 2.73. The van der Waals surface area contributed by atoms with Crippen molar-refractivity contribution in [2.75, 3.05) is 6.54 Å². The molecule has 0 radical (unpaired) electrons. The maximum atomic E-state index is 11.0. The Bertz CT molecular complexity index is 237. The van der Waals surface area contributed by atoms with Crippen LogP contribution in [0.5, 0.6) is 0 Å². The van der Waals surface area contributed by atoms with Crippen molar-refractivity contribution < 1.29 is 9.53 Å². The highest BCUT2D eigenvalue weighted by Crippen LogP contribution is 2.33. The van der Waals surface area contributed by atoms with E-state index < -0.39 is 0 Å². The van der Waals surface area contributed by atoms with Gasteiger partial charge in [0.15, 0.2) is 0 Å². The zero-order valence-corrected chi connectivity index (χ0v) is 7.17. The molecule has 0 aromatic carbocycles. The monoisotopic (exact) mass is 167 g/mol. The summed E-state index contributed by atoms with van der Waals surface area (Å²) >= 11 is 0. The zero-order valence-electron chi connectivity index (χ0n) is 7.17. The van der Waals surface area contributed by atoms with Crippen LogP contribution in [-0.2, 0) is 4.74 Å². The van der Waals surface area contributed by atoms with E-state index in [1.807, 2.05) is 13.0 Å². The molecule has 0 saturated carbocycles. The molecule has 0 aromatic rings. The van der Waals surface area contributed by atoms with E-state index in [-0.39, 0.29) is 11.7 Å². The van der Waals surface area contributed by atoms with Crippen molar-refractivity contribution in [1.82, 2.24) is 5.32 Å². The van der Waals surface area contributed by atoms with Crippen molar-refractivity contribution in [3.63, 3.8) is 0 Å². The first-order chi connectivity index (χ1) is 5.71. The molecular weight excluding hydrogens is 154 g/mol. The Morgan fingerprint density at radius 3 is 3.42 bits per heavy atom. The molecule has 1 heterocycles. The Hall–Kier alpha value is -0.990. The number of hydrogen-bond donors (Lipinski definition) is 1. The normalized spacial score (nSPS) is 39.8. The van der Waals surface area contributed by atoms with Crippen LogP contribution in [-0.4, -0.2) is 18.2 Å². The van der Waals surface area contributed by atoms with Gasteiger partial charge in [-0.3, -0.25) is 0 Å². The highest BCUT2D eigenvalue weighted by Gasteiger charge is 2.40. The lowest BCUT2D eigenvalue weighted by molar-refractivity contribution is -0.0128. The van der Waals surface area contributed by atoms with Crippen molar-refractivity contribution in [1.29, 1.82) is 0 Å². The molecule has 0 aromatic heterocycles. The molecule has 12 heavy (non-hydrogen) atoms. The number of carbonyl (C=O) groups is 1. The van der Waals surface area contributed by atoms with Gasteiger partial charge in [-0.1, -0.05) is 6.08 Å². The predicted octanol–water partition coefficient (Wildman–Crippen LogP) is 1.45. The maximum Gasteiger partial charge on any atom is 0.408 e. The van der Waals surface area contributed by atoms with E-state index in [1.54, 1.807) is 0 Å². The molecule has 1 saturated heterocycles. The molecule has 1 aliphatic carbocycles. The summed E-state index contributed by atoms with van der Waals surface area (Å²) in [5.41, 5.74) is -0.347. The van der Waals surface area contributed by atoms with Gasteiger partial charge in [-0.15, -0.1) is 0 Å². The number of ether oxygens (including phenoxy) is 1. The molecule has 66 valence electrons. The lowest BCUT2D eigenvalue weighted by atomic mass is 9.80. The molecule has 1 amide bonds. The molecule has 1 N–H and O–H groups in total. The van der Waals surface area contributed by atoms with Crippen LogP contribution in [0.15, 0.2) is 12.2 Å². The molecule has 0 bridgehead atoms. The second kappa shape index (κ2) is 2.51. The summed E-state index contributed by atoms with van der Waals surface area (Å²) in [6.07, 6.45) is 6.02. The van der Waals surface area contributed by atoms with Crippen LogP contribution >= 0.6 is 0 Å². The Kier molecular flexibility index (Phi) is 1.60. The second-order valence-corrected chi connectivity index (χ2v) is 3.63. The molecule has 2 rings (SSSR count). The largest absolute Gasteiger partial charge is 0.439 e. The fourth-order valence-corrected chi connectivity index (χ4v) is 1.90. The van der Waals surface area contributed by atoms with Crippen LogP contribution < -0.4 is 5.32 Å². The molecule has 2 unspecified atom stereocenters. The summed E-state index contributed by atoms with van der Waals surface area (Å²) in [4.78, 5) is 11.0. The quantitative estimate of drug-likeness (QED) is 0.554. The Morgan fingerprint density at radius 1 is 1.75 bits per heavy atom. The van der Waals surface area contributed by atoms with E-state index in [0.29, 0.717) is 5.92 Å². The standard InChI is InChI=1S/C9H13NO2/c1-9-5-3-2-4-7(9)6-10-8(11)12-9/h3,5,7H,2,4,6H2,1H3,(H,10,11). The van der Waals surface area contributed by atoms with Gasteiger partial charge in [-0.05, 0) is 25.8 Å². The first-order valence-corrected chi connectivity index (χ1v) is 4.35. The number of hydrogen-bond acceptors (Lipinski definition) is 2. The van der Waals surface area contributed by atoms with Crippen molar-refractivity contribution in [2.45, 2.75) is 25.4 Å². The maximum absolute atomic E-state index is 11.0. The minimum Gasteiger partial charge on any atom is -0.439 e. The van der Waals surface area contributed by atoms with E-state index in [0.717, 1.165) is 19.4 Å². The molecule has 3 nitrogen and oxygen atoms in total. The molecule has 0 spiro atoms. The van der Waals surface area contributed by atoms with Gasteiger partial charge in [0.25, 0.3) is 0 Å². The van der Waals surface area contributed by atoms with Crippen LogP contribution in [0.4, 0.5) is 4.79 Å². The molecular formula is C9H13NO2. The first-order valence-electron chi connectivity index (χ1n) is 4.35. The predicted molar refractivity (Wildman–Crippen MR) is 44.8 cm³/mol. The Morgan fingerprint density at radius 2 is 2.58 bits per heavy atom. The lowest BCUT2D eigenvalue weighted by Crippen LogP contribution is -2.52. The van der Waals surface area contributed by atoms with Crippen molar-refractivity contribution in [3.05, 3.63) is 12.2 Å². The van der Waals surface area contributed by atoms with Crippen LogP contribution in [0.1, 0.15) is 19.8 Å². The van der Waals surface area contributed by atoms with Gasteiger partial charge < -0.3 is 10.1 Å². The lowest BCUT2D eigenvalue weighted by Gasteiger charge is -2.40. The average Bonchev–Trinajstić information content (AvgIpc) is 2.02. The van der Waals surface area contributed by atoms with E-state index in [4.69, 9.17) is 4.74 Å². The van der Waals surface area contributed by atoms with Gasteiger partial charge in [0.05, 0.1) is 0 Å². The molecule has 2 aliphatic rings. The highest BCUT2D eigenvalue weighted by molar-refractivity contribution is 5.69. The van der Waals surface area contributed by atoms with E-state index in [9.17, 15) is 4.79 Å². The number of amides is 1. The smallest absolute Gasteiger partial charge is 0.408 e. The fraction of sp³-hybridized carbons (Fsp3) is 0.667. The topological polar surface area (TPSA) is 38.3 Å². The second-order valence-electron chi connectivity index (χ2n) is 3.63. The van der Waals surface area contributed by atoms with Gasteiger partial charge >= 0.3 is 6.09 Å². The van der Waals surface area contributed by atoms with Gasteiger partial charge in [-0.25, -0.2) is 4.79 Å². The van der Waals surface area contributed by atoms with E-state index in [2.05, 4.69) is 11.4 Å². The van der Waals surface area contributed by atoms with Crippen molar-refractivity contribution in [2.24, 2.45) is 5.92 Å². The summed E-state index contributed by atoms with van der Waals surface area (Å²) in [6, 6.07) is 0. The minimum atomic E-state index is -0.347. The number of allylic oxidation sites excluding steroid dienone is 1. The number of nitrogens with one attached hydrogen (secondary N) is 1. The van der Waals surface area contributed by atoms with Crippen LogP contribution in [0, 0.1) is 5.92 Å². The van der Waals surface area contributed by atoms with Gasteiger partial charge in [-0.2, -0.15) is 0 Å². The van der Waals surface area contributed by atoms with Crippen LogP contribution in [0.2, 0.25) is 0 Å². The summed E-state index contributed by atoms with van der Waals surface area (Å²) in [5, 5.41) is 2.71. The molecule has 3 heteroatoms. The Labute approximate surface area is 71.8 Å². The van der Waals surface area contributed by atoms with Gasteiger partial charge in [0, 0.05) is 12.5 Å². The summed E-state index contributed by atoms with van der Waals surface area (Å²) in [5.74, 6) is 0.445. The fourth-order valence-electron chi connectivity index (χ4n) is 1.90. The molecule has 1 aliphatic heterocycles. The number of fused-ring (bicyclic) bond motifs is 1. The SMILES string of the molecule is CC12C=CCCC1CNC(=O)O2. The van der Waals surface area contributed by atoms with Crippen LogP contribution in [0.3, 0.4) is 0 Å². The van der Waals surface area contributed by atoms with E-state index in [1.165, 1.54) is 0 Å². The first kappa shape index (κ1) is 7.65. The summed E-state index contributed by atoms with van der Waals surface area (Å²) in [7, 11) is 0. The minimum absolute atomic E-state index is 0.291. The van der Waals surface area contributed by atoms with Crippen LogP contribution in [0.25, 0.3) is 0 Å². The highest BCUT2D eigenvalue weighted by atomic mass is 16.6. The molecule has 1 fully saturated rings. The van der Waals surface area contributed by atoms with Crippen molar-refractivity contribution in [3.8, 4) is 0 Å². The third-order valence-electron chi connectivity index (χ3n) is 2.75. The number of rotatable bonds is 0. The number of alkyl carbamates (subject to hydrolysis) is 1. The summed E-state index contributed by atoms with van der Waals surface area (Å²) < 4.78 is 5.24. The molecule has 2 atom stereocenters. The van der Waals surface area contributed by atoms with Gasteiger partial charge in [0.2, 0.25) is 0 Å². The van der Waals surface area contributed by atoms with Crippen molar-refractivity contribution >= 4 is 6.09 Å². The third kappa shape index (κ3) is 1.09. The average molecular weight is 167 g/mol. The van der Waals surface area contributed by atoms with E-state index >= 15 is 0 Å². The number of carbonyl (C=O) groups excluding carboxylic acids is 1.